The van der Waals surface area contributed by atoms with Gasteiger partial charge in [0, 0.05) is 55.7 Å². The first-order valence-electron chi connectivity index (χ1n) is 24.8. The van der Waals surface area contributed by atoms with Gasteiger partial charge < -0.3 is 34.0 Å². The van der Waals surface area contributed by atoms with Crippen LogP contribution in [-0.4, -0.2) is 84.7 Å². The molecule has 1 saturated heterocycles. The first-order chi connectivity index (χ1) is 33.8. The number of pyridine rings is 1. The van der Waals surface area contributed by atoms with Crippen LogP contribution < -0.4 is 9.47 Å². The minimum Gasteiger partial charge on any atom is -0.460 e. The molecule has 2 fully saturated rings. The molecule has 3 heterocycles. The highest BCUT2D eigenvalue weighted by atomic mass is 32.2. The zero-order valence-corrected chi connectivity index (χ0v) is 40.4. The van der Waals surface area contributed by atoms with Gasteiger partial charge in [-0.25, -0.2) is 8.42 Å². The van der Waals surface area contributed by atoms with Gasteiger partial charge >= 0.3 is 0 Å². The van der Waals surface area contributed by atoms with Crippen LogP contribution in [0.25, 0.3) is 22.0 Å². The van der Waals surface area contributed by atoms with Crippen molar-refractivity contribution in [2.75, 3.05) is 33.0 Å². The van der Waals surface area contributed by atoms with Crippen molar-refractivity contribution in [1.29, 1.82) is 0 Å². The van der Waals surface area contributed by atoms with Gasteiger partial charge in [-0.1, -0.05) is 97.7 Å². The monoisotopic (exact) mass is 955 g/mol. The van der Waals surface area contributed by atoms with Crippen molar-refractivity contribution in [2.24, 2.45) is 22.9 Å². The summed E-state index contributed by atoms with van der Waals surface area (Å²) in [6, 6.07) is 32.1. The topological polar surface area (TPSA) is 149 Å². The summed E-state index contributed by atoms with van der Waals surface area (Å²) in [4.78, 5) is 11.0. The van der Waals surface area contributed by atoms with E-state index in [2.05, 4.69) is 48.0 Å². The zero-order valence-electron chi connectivity index (χ0n) is 39.5. The van der Waals surface area contributed by atoms with E-state index in [1.165, 1.54) is 0 Å². The predicted molar refractivity (Wildman–Crippen MR) is 268 cm³/mol. The summed E-state index contributed by atoms with van der Waals surface area (Å²) in [5.74, 6) is -0.583. The highest BCUT2D eigenvalue weighted by molar-refractivity contribution is 7.89. The van der Waals surface area contributed by atoms with E-state index in [4.69, 9.17) is 28.9 Å². The molecule has 2 N–H and O–H groups in total. The molecule has 1 aromatic heterocycles. The van der Waals surface area contributed by atoms with Gasteiger partial charge in [0.25, 0.3) is 0 Å². The van der Waals surface area contributed by atoms with Gasteiger partial charge in [-0.15, -0.1) is 6.58 Å². The number of hydrogen-bond acceptors (Lipinski definition) is 11. The van der Waals surface area contributed by atoms with Crippen molar-refractivity contribution >= 4 is 26.6 Å². The van der Waals surface area contributed by atoms with Crippen LogP contribution in [-0.2, 0) is 24.3 Å². The van der Waals surface area contributed by atoms with E-state index in [0.717, 1.165) is 60.8 Å². The largest absolute Gasteiger partial charge is 0.460 e. The second-order valence-electron chi connectivity index (χ2n) is 18.6. The molecule has 0 spiro atoms. The first kappa shape index (κ1) is 48.6. The molecular formula is C56H65N3O9S. The van der Waals surface area contributed by atoms with Gasteiger partial charge in [-0.3, -0.25) is 4.98 Å². The van der Waals surface area contributed by atoms with Crippen LogP contribution in [0.3, 0.4) is 0 Å². The number of rotatable bonds is 21. The molecule has 12 nitrogen and oxygen atoms in total. The fraction of sp³-hybridized carbons (Fsp3) is 0.429. The molecule has 2 aliphatic carbocycles. The molecule has 364 valence electrons. The third-order valence-electron chi connectivity index (χ3n) is 14.2. The number of fused-ring (bicyclic) bond motifs is 3. The average Bonchev–Trinajstić information content (AvgIpc) is 3.38. The Morgan fingerprint density at radius 2 is 1.67 bits per heavy atom. The summed E-state index contributed by atoms with van der Waals surface area (Å²) in [6.45, 7) is 6.99. The highest BCUT2D eigenvalue weighted by Crippen LogP contribution is 2.62. The number of oxime groups is 1. The van der Waals surface area contributed by atoms with Gasteiger partial charge in [0.2, 0.25) is 22.1 Å². The summed E-state index contributed by atoms with van der Waals surface area (Å²) >= 11 is 0. The quantitative estimate of drug-likeness (QED) is 0.0413. The second-order valence-corrected chi connectivity index (χ2v) is 20.5. The summed E-state index contributed by atoms with van der Waals surface area (Å²) in [5.41, 5.74) is 5.00. The fourth-order valence-corrected chi connectivity index (χ4v) is 13.1. The number of hydrogen-bond donors (Lipinski definition) is 2. The van der Waals surface area contributed by atoms with E-state index in [0.29, 0.717) is 66.2 Å². The van der Waals surface area contributed by atoms with E-state index < -0.39 is 34.1 Å². The summed E-state index contributed by atoms with van der Waals surface area (Å²) < 4.78 is 60.2. The number of ether oxygens (including phenoxy) is 4. The molecule has 4 aromatic carbocycles. The third kappa shape index (κ3) is 10.1. The van der Waals surface area contributed by atoms with Crippen molar-refractivity contribution in [3.63, 3.8) is 0 Å². The molecule has 0 amide bonds. The number of para-hydroxylation sites is 1. The van der Waals surface area contributed by atoms with E-state index in [1.807, 2.05) is 61.5 Å². The Morgan fingerprint density at radius 1 is 0.899 bits per heavy atom. The molecule has 0 radical (unpaired) electrons. The Kier molecular flexibility index (Phi) is 15.6. The van der Waals surface area contributed by atoms with Crippen LogP contribution in [0.1, 0.15) is 89.0 Å². The smallest absolute Gasteiger partial charge is 0.245 e. The van der Waals surface area contributed by atoms with Crippen LogP contribution in [0.2, 0.25) is 0 Å². The van der Waals surface area contributed by atoms with Gasteiger partial charge in [-0.2, -0.15) is 4.31 Å². The van der Waals surface area contributed by atoms with Gasteiger partial charge in [-0.05, 0) is 116 Å². The predicted octanol–water partition coefficient (Wildman–Crippen LogP) is 11.0. The standard InChI is InChI=1S/C56H65N3O9S/c1-3-31-59(69(62,63)50-22-14-19-41-20-15-30-57-55(41)50)51-38-48(58-68-52-23-10-13-35-64-52)46-36-42(18-8-11-32-60)45(21-9-12-33-61)53-47-37-44(28-29-49(47)67-56(51,54(46)53)65-34-4-2)66-43-26-24-40(25-27-43)39-16-6-5-7-17-39/h4-7,14-17,19-20,22,24-30,36-37,42,45,51-54,60-61H,2-3,8-13,18,21,23,31-35,38H2,1H3/t42-,45+,51-,52?,53+,54+,56+/m0/s1. The Balaban J connectivity index is 1.23. The van der Waals surface area contributed by atoms with Crippen molar-refractivity contribution in [2.45, 2.75) is 106 Å². The SMILES string of the molecule is C=CCO[C@@]12Oc3ccc(Oc4ccc(-c5ccccc5)cc4)cc3[C@H]3[C@H](CCCCO)[C@@H](CCCCO)C=C(C(=NOC4CCCCO4)C[C@@H]1N(CCC)S(=O)(=O)c1cccc4cccnc14)[C@H]32. The third-order valence-corrected chi connectivity index (χ3v) is 16.2. The number of benzene rings is 4. The minimum atomic E-state index is -4.31. The normalized spacial score (nSPS) is 24.8. The van der Waals surface area contributed by atoms with Crippen molar-refractivity contribution in [1.82, 2.24) is 9.29 Å². The lowest BCUT2D eigenvalue weighted by atomic mass is 9.55. The zero-order chi connectivity index (χ0) is 47.8. The van der Waals surface area contributed by atoms with Crippen LogP contribution >= 0.6 is 0 Å². The molecule has 13 heteroatoms. The minimum absolute atomic E-state index is 0.0140. The number of aromatic nitrogens is 1. The molecular weight excluding hydrogens is 891 g/mol. The number of sulfonamides is 1. The number of nitrogens with zero attached hydrogens (tertiary/aromatic N) is 3. The lowest BCUT2D eigenvalue weighted by Gasteiger charge is -2.59. The molecule has 69 heavy (non-hydrogen) atoms. The molecule has 1 saturated carbocycles. The Labute approximate surface area is 406 Å². The van der Waals surface area contributed by atoms with E-state index in [-0.39, 0.29) is 55.4 Å². The fourth-order valence-electron chi connectivity index (χ4n) is 11.2. The number of allylic oxidation sites excluding steroid dienone is 1. The van der Waals surface area contributed by atoms with E-state index in [1.54, 1.807) is 34.8 Å². The van der Waals surface area contributed by atoms with Crippen molar-refractivity contribution in [3.8, 4) is 28.4 Å². The number of aliphatic hydroxyl groups excluding tert-OH is 2. The van der Waals surface area contributed by atoms with Gasteiger partial charge in [0.05, 0.1) is 36.4 Å². The van der Waals surface area contributed by atoms with E-state index in [9.17, 15) is 10.2 Å². The highest BCUT2D eigenvalue weighted by Gasteiger charge is 2.66. The molecule has 2 aliphatic heterocycles. The van der Waals surface area contributed by atoms with Crippen LogP contribution in [0.4, 0.5) is 0 Å². The first-order valence-corrected chi connectivity index (χ1v) is 26.3. The Morgan fingerprint density at radius 3 is 2.42 bits per heavy atom. The summed E-state index contributed by atoms with van der Waals surface area (Å²) in [6.07, 6.45) is 12.7. The summed E-state index contributed by atoms with van der Waals surface area (Å²) in [7, 11) is -4.31. The van der Waals surface area contributed by atoms with Crippen LogP contribution in [0.15, 0.2) is 144 Å². The van der Waals surface area contributed by atoms with E-state index >= 15 is 8.42 Å². The number of aliphatic hydroxyl groups is 2. The van der Waals surface area contributed by atoms with Gasteiger partial charge in [0.15, 0.2) is 0 Å². The molecule has 0 bridgehead atoms. The maximum absolute atomic E-state index is 15.7. The van der Waals surface area contributed by atoms with Crippen molar-refractivity contribution in [3.05, 3.63) is 139 Å². The maximum atomic E-state index is 15.7. The molecule has 1 unspecified atom stereocenters. The molecule has 9 rings (SSSR count). The van der Waals surface area contributed by atoms with Crippen LogP contribution in [0.5, 0.6) is 17.2 Å². The molecule has 4 aliphatic rings. The molecule has 7 atom stereocenters. The lowest BCUT2D eigenvalue weighted by molar-refractivity contribution is -0.251. The van der Waals surface area contributed by atoms with Gasteiger partial charge in [0.1, 0.15) is 22.1 Å². The second kappa shape index (κ2) is 22.1. The Bertz CT molecular complexity index is 2700. The maximum Gasteiger partial charge on any atom is 0.245 e. The summed E-state index contributed by atoms with van der Waals surface area (Å²) in [5, 5.41) is 25.8. The average molecular weight is 956 g/mol. The number of unbranched alkanes of at least 4 members (excludes halogenated alkanes) is 2. The lowest BCUT2D eigenvalue weighted by Crippen LogP contribution is -2.70. The Hall–Kier alpha value is -5.41. The van der Waals surface area contributed by atoms with Crippen molar-refractivity contribution < 1.29 is 42.4 Å². The molecule has 5 aromatic rings. The van der Waals surface area contributed by atoms with Crippen LogP contribution in [0, 0.1) is 17.8 Å².